The summed E-state index contributed by atoms with van der Waals surface area (Å²) < 4.78 is 1.29. The predicted molar refractivity (Wildman–Crippen MR) is 132 cm³/mol. The summed E-state index contributed by atoms with van der Waals surface area (Å²) in [5.41, 5.74) is 9.04. The first-order valence-corrected chi connectivity index (χ1v) is 11.3. The van der Waals surface area contributed by atoms with Crippen LogP contribution in [0.3, 0.4) is 0 Å². The van der Waals surface area contributed by atoms with Crippen molar-refractivity contribution < 1.29 is 19.5 Å². The quantitative estimate of drug-likeness (QED) is 0.275. The number of nitrogens with one attached hydrogen (secondary N) is 2. The minimum atomic E-state index is 0. The van der Waals surface area contributed by atoms with Gasteiger partial charge in [-0.15, -0.1) is 0 Å². The van der Waals surface area contributed by atoms with Crippen LogP contribution >= 0.6 is 48.0 Å². The van der Waals surface area contributed by atoms with Gasteiger partial charge >= 0.3 is 0 Å². The normalized spacial score (nSPS) is 10.1. The smallest absolute Gasteiger partial charge is 0.153 e. The molecule has 0 radical (unpaired) electrons. The van der Waals surface area contributed by atoms with Crippen LogP contribution in [0.15, 0.2) is 46.6 Å². The van der Waals surface area contributed by atoms with Crippen LogP contribution in [0.1, 0.15) is 22.8 Å². The van der Waals surface area contributed by atoms with Crippen molar-refractivity contribution >= 4 is 69.0 Å². The zero-order chi connectivity index (χ0) is 20.8. The molecule has 2 rings (SSSR count). The van der Waals surface area contributed by atoms with Crippen LogP contribution in [0.25, 0.3) is 0 Å². The molecule has 0 aliphatic heterocycles. The third-order valence-corrected chi connectivity index (χ3v) is 5.00. The molecule has 2 aromatic heterocycles. The molecule has 0 aliphatic rings. The molecule has 150 valence electrons. The maximum atomic E-state index is 4.91. The van der Waals surface area contributed by atoms with E-state index < -0.39 is 0 Å². The maximum absolute atomic E-state index is 4.91. The van der Waals surface area contributed by atoms with Gasteiger partial charge in [-0.1, -0.05) is 60.1 Å². The second-order valence-corrected chi connectivity index (χ2v) is 8.10. The first-order valence-electron chi connectivity index (χ1n) is 8.06. The Kier molecular flexibility index (Phi) is 15.8. The monoisotopic (exact) mass is 514 g/mol. The summed E-state index contributed by atoms with van der Waals surface area (Å²) >= 11 is 12.7. The van der Waals surface area contributed by atoms with E-state index in [4.69, 9.17) is 24.4 Å². The van der Waals surface area contributed by atoms with Crippen molar-refractivity contribution in [2.24, 2.45) is 10.2 Å². The summed E-state index contributed by atoms with van der Waals surface area (Å²) in [6, 6.07) is 11.5. The molecule has 2 aromatic rings. The van der Waals surface area contributed by atoms with Crippen LogP contribution in [0, 0.1) is 13.8 Å². The van der Waals surface area contributed by atoms with Gasteiger partial charge in [0.1, 0.15) is 0 Å². The van der Waals surface area contributed by atoms with Gasteiger partial charge in [-0.2, -0.15) is 10.2 Å². The van der Waals surface area contributed by atoms with Crippen molar-refractivity contribution in [1.29, 1.82) is 0 Å². The molecule has 0 saturated carbocycles. The molecule has 6 nitrogen and oxygen atoms in total. The number of hydrogen-bond donors (Lipinski definition) is 2. The molecule has 2 N–H and O–H groups in total. The Morgan fingerprint density at radius 1 is 0.828 bits per heavy atom. The summed E-state index contributed by atoms with van der Waals surface area (Å²) in [7, 11) is 0. The summed E-state index contributed by atoms with van der Waals surface area (Å²) in [5.74, 6) is 0. The largest absolute Gasteiger partial charge is 0.262 e. The zero-order valence-corrected chi connectivity index (χ0v) is 23.0. The zero-order valence-electron chi connectivity index (χ0n) is 16.7. The molecule has 0 amide bonds. The van der Waals surface area contributed by atoms with Crippen molar-refractivity contribution in [2.75, 3.05) is 12.5 Å². The van der Waals surface area contributed by atoms with Crippen molar-refractivity contribution in [2.45, 2.75) is 13.8 Å². The maximum Gasteiger partial charge on any atom is 0.153 e. The molecule has 0 aliphatic carbocycles. The minimum absolute atomic E-state index is 0. The molecular formula is C18H22N6S4Zn. The average molecular weight is 516 g/mol. The van der Waals surface area contributed by atoms with E-state index in [1.54, 1.807) is 12.4 Å². The second kappa shape index (κ2) is 16.5. The van der Waals surface area contributed by atoms with Gasteiger partial charge in [0, 0.05) is 30.9 Å². The molecular weight excluding hydrogens is 494 g/mol. The molecule has 0 unspecified atom stereocenters. The van der Waals surface area contributed by atoms with Crippen LogP contribution < -0.4 is 10.9 Å². The van der Waals surface area contributed by atoms with E-state index in [2.05, 4.69) is 31.0 Å². The SMILES string of the molecule is CSC(=S)NN=Cc1cccc(C)n1.CSC(=S)NN=Cc1cccc(C)n1.[Zn]. The standard InChI is InChI=1S/2C9H11N3S2.Zn/c2*1-7-4-3-5-8(11-7)6-10-12-9(13)14-2;/h2*3-6H,1-2H3,(H,12,13);. The van der Waals surface area contributed by atoms with Crippen molar-refractivity contribution in [3.63, 3.8) is 0 Å². The number of rotatable bonds is 4. The van der Waals surface area contributed by atoms with E-state index in [-0.39, 0.29) is 19.5 Å². The third kappa shape index (κ3) is 13.6. The molecule has 0 atom stereocenters. The molecule has 29 heavy (non-hydrogen) atoms. The summed E-state index contributed by atoms with van der Waals surface area (Å²) in [6.07, 6.45) is 7.09. The topological polar surface area (TPSA) is 74.6 Å². The molecule has 0 saturated heterocycles. The summed E-state index contributed by atoms with van der Waals surface area (Å²) in [4.78, 5) is 8.51. The van der Waals surface area contributed by atoms with Gasteiger partial charge in [0.05, 0.1) is 23.8 Å². The Bertz CT molecular complexity index is 775. The van der Waals surface area contributed by atoms with Crippen LogP contribution in [0.5, 0.6) is 0 Å². The van der Waals surface area contributed by atoms with Crippen LogP contribution in [0.4, 0.5) is 0 Å². The Balaban J connectivity index is 0.000000523. The van der Waals surface area contributed by atoms with Crippen molar-refractivity contribution in [3.05, 3.63) is 59.2 Å². The number of pyridine rings is 2. The fourth-order valence-electron chi connectivity index (χ4n) is 1.67. The van der Waals surface area contributed by atoms with Gasteiger partial charge in [-0.3, -0.25) is 20.8 Å². The minimum Gasteiger partial charge on any atom is -0.262 e. The number of nitrogens with zero attached hydrogens (tertiary/aromatic N) is 4. The average Bonchev–Trinajstić information content (AvgIpc) is 2.68. The molecule has 0 bridgehead atoms. The Hall–Kier alpha value is -1.26. The Labute approximate surface area is 204 Å². The van der Waals surface area contributed by atoms with E-state index in [1.807, 2.05) is 62.8 Å². The molecule has 2 heterocycles. The molecule has 0 aromatic carbocycles. The van der Waals surface area contributed by atoms with Crippen LogP contribution in [-0.2, 0) is 19.5 Å². The van der Waals surface area contributed by atoms with E-state index in [0.717, 1.165) is 22.8 Å². The Morgan fingerprint density at radius 3 is 1.52 bits per heavy atom. The van der Waals surface area contributed by atoms with E-state index in [9.17, 15) is 0 Å². The van der Waals surface area contributed by atoms with Crippen molar-refractivity contribution in [1.82, 2.24) is 20.8 Å². The molecule has 0 spiro atoms. The first-order chi connectivity index (χ1) is 13.4. The van der Waals surface area contributed by atoms with Crippen LogP contribution in [0.2, 0.25) is 0 Å². The predicted octanol–water partition coefficient (Wildman–Crippen LogP) is 3.92. The number of hydrazone groups is 2. The van der Waals surface area contributed by atoms with E-state index >= 15 is 0 Å². The fraction of sp³-hybridized carbons (Fsp3) is 0.222. The summed E-state index contributed by atoms with van der Waals surface area (Å²) in [5, 5.41) is 7.91. The fourth-order valence-corrected chi connectivity index (χ4v) is 2.06. The van der Waals surface area contributed by atoms with E-state index in [1.165, 1.54) is 23.5 Å². The van der Waals surface area contributed by atoms with Gasteiger partial charge < -0.3 is 0 Å². The third-order valence-electron chi connectivity index (χ3n) is 2.90. The number of aromatic nitrogens is 2. The summed E-state index contributed by atoms with van der Waals surface area (Å²) in [6.45, 7) is 3.88. The van der Waals surface area contributed by atoms with Gasteiger partial charge in [0.2, 0.25) is 0 Å². The second-order valence-electron chi connectivity index (χ2n) is 5.13. The van der Waals surface area contributed by atoms with Gasteiger partial charge in [0.15, 0.2) is 8.64 Å². The number of thioether (sulfide) groups is 2. The van der Waals surface area contributed by atoms with E-state index in [0.29, 0.717) is 8.64 Å². The van der Waals surface area contributed by atoms with Crippen molar-refractivity contribution in [3.8, 4) is 0 Å². The first kappa shape index (κ1) is 27.7. The number of hydrogen-bond acceptors (Lipinski definition) is 8. The van der Waals surface area contributed by atoms with Crippen LogP contribution in [-0.4, -0.2) is 43.5 Å². The molecule has 11 heteroatoms. The van der Waals surface area contributed by atoms with Gasteiger partial charge in [-0.05, 0) is 50.6 Å². The number of aryl methyl sites for hydroxylation is 2. The number of thiocarbonyl (C=S) groups is 2. The Morgan fingerprint density at radius 2 is 1.21 bits per heavy atom. The molecule has 0 fully saturated rings. The van der Waals surface area contributed by atoms with Gasteiger partial charge in [-0.25, -0.2) is 0 Å². The van der Waals surface area contributed by atoms with Gasteiger partial charge in [0.25, 0.3) is 0 Å².